The molecule has 1 aromatic carbocycles. The molecule has 2 heterocycles. The Kier molecular flexibility index (Phi) is 3.06. The van der Waals surface area contributed by atoms with Crippen LogP contribution in [0.4, 0.5) is 0 Å². The van der Waals surface area contributed by atoms with Crippen molar-refractivity contribution >= 4 is 5.91 Å². The van der Waals surface area contributed by atoms with Crippen LogP contribution < -0.4 is 4.74 Å². The summed E-state index contributed by atoms with van der Waals surface area (Å²) in [6, 6.07) is 7.82. The van der Waals surface area contributed by atoms with Crippen LogP contribution in [0.15, 0.2) is 24.3 Å². The Morgan fingerprint density at radius 1 is 1.26 bits per heavy atom. The van der Waals surface area contributed by atoms with Crippen LogP contribution in [-0.2, 0) is 14.9 Å². The highest BCUT2D eigenvalue weighted by Crippen LogP contribution is 2.52. The molecule has 4 rings (SSSR count). The van der Waals surface area contributed by atoms with Crippen molar-refractivity contribution in [3.05, 3.63) is 29.8 Å². The number of nitrogens with zero attached hydrogens (tertiary/aromatic N) is 1. The molecule has 124 valence electrons. The molecule has 1 N–H and O–H groups in total. The number of hydrogen-bond acceptors (Lipinski definition) is 4. The van der Waals surface area contributed by atoms with E-state index in [4.69, 9.17) is 9.47 Å². The standard InChI is InChI=1S/C18H23NO4/c1-16(21)9-17(23-12-16)10-19(11-17)15(20)18(7-8-18)13-3-5-14(22-2)6-4-13/h3-6,21H,7-12H2,1-2H3. The van der Waals surface area contributed by atoms with Gasteiger partial charge in [-0.1, -0.05) is 12.1 Å². The summed E-state index contributed by atoms with van der Waals surface area (Å²) in [7, 11) is 1.64. The Morgan fingerprint density at radius 2 is 1.91 bits per heavy atom. The van der Waals surface area contributed by atoms with Gasteiger partial charge in [-0.2, -0.15) is 0 Å². The Morgan fingerprint density at radius 3 is 2.39 bits per heavy atom. The van der Waals surface area contributed by atoms with Gasteiger partial charge in [-0.3, -0.25) is 4.79 Å². The van der Waals surface area contributed by atoms with Gasteiger partial charge in [0.2, 0.25) is 5.91 Å². The van der Waals surface area contributed by atoms with Crippen molar-refractivity contribution in [3.8, 4) is 5.75 Å². The minimum Gasteiger partial charge on any atom is -0.497 e. The van der Waals surface area contributed by atoms with E-state index in [1.807, 2.05) is 29.2 Å². The van der Waals surface area contributed by atoms with Crippen LogP contribution in [0.2, 0.25) is 0 Å². The summed E-state index contributed by atoms with van der Waals surface area (Å²) in [5, 5.41) is 10.1. The lowest BCUT2D eigenvalue weighted by Crippen LogP contribution is -2.65. The number of methoxy groups -OCH3 is 1. The number of carbonyl (C=O) groups excluding carboxylic acids is 1. The average molecular weight is 317 g/mol. The highest BCUT2D eigenvalue weighted by molar-refractivity contribution is 5.92. The van der Waals surface area contributed by atoms with Gasteiger partial charge >= 0.3 is 0 Å². The normalized spacial score (nSPS) is 30.1. The Bertz CT molecular complexity index is 627. The zero-order valence-electron chi connectivity index (χ0n) is 13.7. The molecule has 1 saturated carbocycles. The lowest BCUT2D eigenvalue weighted by Gasteiger charge is -2.48. The first-order valence-electron chi connectivity index (χ1n) is 8.19. The van der Waals surface area contributed by atoms with Crippen LogP contribution in [0.1, 0.15) is 31.7 Å². The second-order valence-corrected chi connectivity index (χ2v) is 7.62. The summed E-state index contributed by atoms with van der Waals surface area (Å²) in [5.74, 6) is 1.00. The van der Waals surface area contributed by atoms with Crippen LogP contribution in [0, 0.1) is 0 Å². The summed E-state index contributed by atoms with van der Waals surface area (Å²) in [4.78, 5) is 14.8. The van der Waals surface area contributed by atoms with Crippen molar-refractivity contribution in [2.75, 3.05) is 26.8 Å². The van der Waals surface area contributed by atoms with Crippen molar-refractivity contribution in [1.29, 1.82) is 0 Å². The minimum atomic E-state index is -0.762. The van der Waals surface area contributed by atoms with Gasteiger partial charge in [-0.25, -0.2) is 0 Å². The van der Waals surface area contributed by atoms with Gasteiger partial charge in [0, 0.05) is 6.42 Å². The number of likely N-dealkylation sites (tertiary alicyclic amines) is 1. The second kappa shape index (κ2) is 4.71. The summed E-state index contributed by atoms with van der Waals surface area (Å²) < 4.78 is 11.0. The molecule has 1 aliphatic carbocycles. The number of ether oxygens (including phenoxy) is 2. The third-order valence-corrected chi connectivity index (χ3v) is 5.44. The minimum absolute atomic E-state index is 0.198. The maximum Gasteiger partial charge on any atom is 0.233 e. The monoisotopic (exact) mass is 317 g/mol. The van der Waals surface area contributed by atoms with Crippen LogP contribution >= 0.6 is 0 Å². The van der Waals surface area contributed by atoms with E-state index in [-0.39, 0.29) is 16.9 Å². The second-order valence-electron chi connectivity index (χ2n) is 7.62. The molecule has 23 heavy (non-hydrogen) atoms. The van der Waals surface area contributed by atoms with E-state index < -0.39 is 5.60 Å². The molecule has 1 atom stereocenters. The smallest absolute Gasteiger partial charge is 0.233 e. The van der Waals surface area contributed by atoms with Gasteiger partial charge in [0.25, 0.3) is 0 Å². The fourth-order valence-corrected chi connectivity index (χ4v) is 4.06. The molecule has 0 aromatic heterocycles. The molecule has 5 heteroatoms. The molecule has 1 amide bonds. The highest BCUT2D eigenvalue weighted by Gasteiger charge is 2.60. The maximum atomic E-state index is 12.9. The van der Waals surface area contributed by atoms with E-state index >= 15 is 0 Å². The van der Waals surface area contributed by atoms with E-state index in [2.05, 4.69) is 0 Å². The number of carbonyl (C=O) groups is 1. The third kappa shape index (κ3) is 2.34. The summed E-state index contributed by atoms with van der Waals surface area (Å²) in [6.07, 6.45) is 2.42. The zero-order chi connectivity index (χ0) is 16.3. The lowest BCUT2D eigenvalue weighted by molar-refractivity contribution is -0.160. The summed E-state index contributed by atoms with van der Waals surface area (Å²) in [6.45, 7) is 3.35. The number of hydrogen-bond donors (Lipinski definition) is 1. The molecule has 1 unspecified atom stereocenters. The van der Waals surface area contributed by atoms with Crippen molar-refractivity contribution in [1.82, 2.24) is 4.90 Å². The molecule has 1 aromatic rings. The van der Waals surface area contributed by atoms with Crippen LogP contribution in [0.25, 0.3) is 0 Å². The maximum absolute atomic E-state index is 12.9. The van der Waals surface area contributed by atoms with Crippen molar-refractivity contribution < 1.29 is 19.4 Å². The van der Waals surface area contributed by atoms with E-state index in [0.717, 1.165) is 24.2 Å². The van der Waals surface area contributed by atoms with Gasteiger partial charge in [-0.05, 0) is 37.5 Å². The van der Waals surface area contributed by atoms with Gasteiger partial charge in [0.1, 0.15) is 11.4 Å². The molecule has 3 aliphatic rings. The summed E-state index contributed by atoms with van der Waals surface area (Å²) in [5.41, 5.74) is -0.365. The first-order valence-corrected chi connectivity index (χ1v) is 8.19. The molecule has 1 spiro atoms. The van der Waals surface area contributed by atoms with Crippen molar-refractivity contribution in [2.45, 2.75) is 42.8 Å². The molecular weight excluding hydrogens is 294 g/mol. The van der Waals surface area contributed by atoms with Crippen molar-refractivity contribution in [2.24, 2.45) is 0 Å². The quantitative estimate of drug-likeness (QED) is 0.917. The first-order chi connectivity index (χ1) is 10.9. The topological polar surface area (TPSA) is 59.0 Å². The molecule has 0 bridgehead atoms. The van der Waals surface area contributed by atoms with E-state index in [1.165, 1.54) is 0 Å². The van der Waals surface area contributed by atoms with E-state index in [0.29, 0.717) is 26.1 Å². The first kappa shape index (κ1) is 15.0. The molecule has 0 radical (unpaired) electrons. The van der Waals surface area contributed by atoms with Crippen molar-refractivity contribution in [3.63, 3.8) is 0 Å². The van der Waals surface area contributed by atoms with Crippen LogP contribution in [-0.4, -0.2) is 53.9 Å². The van der Waals surface area contributed by atoms with Crippen LogP contribution in [0.5, 0.6) is 5.75 Å². The average Bonchev–Trinajstić information content (AvgIpc) is 3.24. The van der Waals surface area contributed by atoms with E-state index in [1.54, 1.807) is 14.0 Å². The third-order valence-electron chi connectivity index (χ3n) is 5.44. The zero-order valence-corrected chi connectivity index (χ0v) is 13.7. The Balaban J connectivity index is 1.46. The predicted octanol–water partition coefficient (Wildman–Crippen LogP) is 1.48. The number of benzene rings is 1. The largest absolute Gasteiger partial charge is 0.497 e. The molecule has 2 saturated heterocycles. The van der Waals surface area contributed by atoms with Crippen LogP contribution in [0.3, 0.4) is 0 Å². The lowest BCUT2D eigenvalue weighted by atomic mass is 9.83. The molecule has 3 fully saturated rings. The van der Waals surface area contributed by atoms with E-state index in [9.17, 15) is 9.90 Å². The Hall–Kier alpha value is -1.59. The molecule has 2 aliphatic heterocycles. The fourth-order valence-electron chi connectivity index (χ4n) is 4.06. The summed E-state index contributed by atoms with van der Waals surface area (Å²) >= 11 is 0. The number of rotatable bonds is 3. The highest BCUT2D eigenvalue weighted by atomic mass is 16.5. The molecule has 5 nitrogen and oxygen atoms in total. The van der Waals surface area contributed by atoms with Gasteiger partial charge < -0.3 is 19.5 Å². The number of aliphatic hydroxyl groups is 1. The fraction of sp³-hybridized carbons (Fsp3) is 0.611. The Labute approximate surface area is 136 Å². The SMILES string of the molecule is COc1ccc(C2(C(=O)N3CC4(C3)CC(C)(O)CO4)CC2)cc1. The molecular formula is C18H23NO4. The predicted molar refractivity (Wildman–Crippen MR) is 84.4 cm³/mol. The number of amides is 1. The van der Waals surface area contributed by atoms with Gasteiger partial charge in [0.05, 0.1) is 37.8 Å². The van der Waals surface area contributed by atoms with Gasteiger partial charge in [-0.15, -0.1) is 0 Å². The van der Waals surface area contributed by atoms with Gasteiger partial charge in [0.15, 0.2) is 0 Å².